The Balaban J connectivity index is 1.45. The van der Waals surface area contributed by atoms with Crippen LogP contribution in [0.3, 0.4) is 0 Å². The van der Waals surface area contributed by atoms with Crippen molar-refractivity contribution >= 4 is 28.9 Å². The van der Waals surface area contributed by atoms with Gasteiger partial charge in [0.2, 0.25) is 0 Å². The van der Waals surface area contributed by atoms with E-state index < -0.39 is 0 Å². The Labute approximate surface area is 181 Å². The van der Waals surface area contributed by atoms with Crippen molar-refractivity contribution in [2.24, 2.45) is 4.99 Å². The van der Waals surface area contributed by atoms with Gasteiger partial charge in [-0.25, -0.2) is 0 Å². The van der Waals surface area contributed by atoms with Crippen LogP contribution in [0.2, 0.25) is 0 Å². The molecule has 0 unspecified atom stereocenters. The summed E-state index contributed by atoms with van der Waals surface area (Å²) < 4.78 is 11.4. The van der Waals surface area contributed by atoms with Crippen LogP contribution in [0.1, 0.15) is 36.8 Å². The summed E-state index contributed by atoms with van der Waals surface area (Å²) in [6, 6.07) is 15.7. The predicted octanol–water partition coefficient (Wildman–Crippen LogP) is 5.12. The Hall–Kier alpha value is -2.73. The molecule has 0 spiro atoms. The first kappa shape index (κ1) is 20.5. The Kier molecular flexibility index (Phi) is 6.74. The van der Waals surface area contributed by atoms with Gasteiger partial charge in [0.1, 0.15) is 6.61 Å². The predicted molar refractivity (Wildman–Crippen MR) is 122 cm³/mol. The minimum Gasteiger partial charge on any atom is -0.493 e. The van der Waals surface area contributed by atoms with Crippen molar-refractivity contribution in [1.82, 2.24) is 4.90 Å². The largest absolute Gasteiger partial charge is 0.493 e. The average Bonchev–Trinajstić information content (AvgIpc) is 2.96. The molecule has 156 valence electrons. The van der Waals surface area contributed by atoms with Crippen molar-refractivity contribution < 1.29 is 14.3 Å². The van der Waals surface area contributed by atoms with Crippen molar-refractivity contribution in [2.75, 3.05) is 20.2 Å². The number of benzene rings is 2. The maximum Gasteiger partial charge on any atom is 0.286 e. The van der Waals surface area contributed by atoms with Crippen molar-refractivity contribution in [3.8, 4) is 11.5 Å². The van der Waals surface area contributed by atoms with Crippen LogP contribution in [0, 0.1) is 0 Å². The first-order valence-corrected chi connectivity index (χ1v) is 11.2. The molecule has 0 saturated carbocycles. The highest BCUT2D eigenvalue weighted by Gasteiger charge is 2.26. The van der Waals surface area contributed by atoms with E-state index in [0.29, 0.717) is 23.0 Å². The van der Waals surface area contributed by atoms with Gasteiger partial charge in [0.15, 0.2) is 16.7 Å². The van der Waals surface area contributed by atoms with E-state index in [0.717, 1.165) is 42.2 Å². The van der Waals surface area contributed by atoms with Gasteiger partial charge in [0, 0.05) is 13.1 Å². The summed E-state index contributed by atoms with van der Waals surface area (Å²) >= 11 is 1.47. The molecule has 2 aromatic rings. The third-order valence-electron chi connectivity index (χ3n) is 5.21. The Morgan fingerprint density at radius 3 is 2.53 bits per heavy atom. The number of amides is 1. The van der Waals surface area contributed by atoms with Crippen molar-refractivity contribution in [3.63, 3.8) is 0 Å². The van der Waals surface area contributed by atoms with Crippen LogP contribution in [0.5, 0.6) is 11.5 Å². The van der Waals surface area contributed by atoms with E-state index in [1.54, 1.807) is 7.11 Å². The number of aliphatic imine (C=N–C) groups is 1. The highest BCUT2D eigenvalue weighted by molar-refractivity contribution is 8.18. The standard InChI is InChI=1S/C24H26N2O3S/c1-28-21-15-19(11-12-20(21)29-17-18-9-5-4-6-10-18)16-22-23(27)25-24(30-22)26-13-7-2-3-8-14-26/h4-6,9-12,15-16H,2-3,7-8,13-14,17H2,1H3/b22-16-. The number of nitrogens with zero attached hydrogens (tertiary/aromatic N) is 2. The number of carbonyl (C=O) groups is 1. The number of hydrogen-bond donors (Lipinski definition) is 0. The molecule has 1 fully saturated rings. The molecule has 0 N–H and O–H groups in total. The number of rotatable bonds is 5. The molecular formula is C24H26N2O3S. The second-order valence-corrected chi connectivity index (χ2v) is 8.41. The smallest absolute Gasteiger partial charge is 0.286 e. The highest BCUT2D eigenvalue weighted by Crippen LogP contribution is 2.34. The average molecular weight is 423 g/mol. The second kappa shape index (κ2) is 9.85. The Bertz CT molecular complexity index is 948. The molecule has 2 aliphatic rings. The number of carbonyl (C=O) groups excluding carboxylic acids is 1. The molecule has 0 radical (unpaired) electrons. The van der Waals surface area contributed by atoms with Crippen LogP contribution in [-0.2, 0) is 11.4 Å². The van der Waals surface area contributed by atoms with Crippen molar-refractivity contribution in [2.45, 2.75) is 32.3 Å². The summed E-state index contributed by atoms with van der Waals surface area (Å²) in [7, 11) is 1.62. The molecule has 0 aromatic heterocycles. The zero-order valence-electron chi connectivity index (χ0n) is 17.2. The molecule has 0 aliphatic carbocycles. The zero-order chi connectivity index (χ0) is 20.8. The molecule has 1 saturated heterocycles. The molecule has 0 atom stereocenters. The third kappa shape index (κ3) is 5.05. The van der Waals surface area contributed by atoms with Crippen LogP contribution in [0.15, 0.2) is 58.4 Å². The molecule has 5 nitrogen and oxygen atoms in total. The first-order chi connectivity index (χ1) is 14.7. The van der Waals surface area contributed by atoms with Crippen LogP contribution < -0.4 is 9.47 Å². The first-order valence-electron chi connectivity index (χ1n) is 10.4. The van der Waals surface area contributed by atoms with E-state index >= 15 is 0 Å². The van der Waals surface area contributed by atoms with E-state index in [1.165, 1.54) is 24.6 Å². The van der Waals surface area contributed by atoms with Gasteiger partial charge in [-0.15, -0.1) is 0 Å². The molecule has 6 heteroatoms. The SMILES string of the molecule is COc1cc(/C=C2\SC(N3CCCCCC3)=NC2=O)ccc1OCc1ccccc1. The maximum absolute atomic E-state index is 12.4. The number of methoxy groups -OCH3 is 1. The lowest BCUT2D eigenvalue weighted by molar-refractivity contribution is -0.113. The van der Waals surface area contributed by atoms with Crippen molar-refractivity contribution in [1.29, 1.82) is 0 Å². The number of thioether (sulfide) groups is 1. The summed E-state index contributed by atoms with van der Waals surface area (Å²) in [5.41, 5.74) is 1.99. The van der Waals surface area contributed by atoms with Crippen LogP contribution in [0.4, 0.5) is 0 Å². The Morgan fingerprint density at radius 1 is 1.03 bits per heavy atom. The topological polar surface area (TPSA) is 51.1 Å². The molecule has 2 heterocycles. The van der Waals surface area contributed by atoms with Crippen molar-refractivity contribution in [3.05, 3.63) is 64.6 Å². The fourth-order valence-corrected chi connectivity index (χ4v) is 4.54. The van der Waals surface area contributed by atoms with Gasteiger partial charge in [-0.1, -0.05) is 49.2 Å². The lowest BCUT2D eigenvalue weighted by atomic mass is 10.2. The van der Waals surface area contributed by atoms with Gasteiger partial charge in [0.05, 0.1) is 12.0 Å². The zero-order valence-corrected chi connectivity index (χ0v) is 18.0. The molecule has 30 heavy (non-hydrogen) atoms. The molecule has 2 aliphatic heterocycles. The van der Waals surface area contributed by atoms with Gasteiger partial charge >= 0.3 is 0 Å². The maximum atomic E-state index is 12.4. The number of amidine groups is 1. The molecular weight excluding hydrogens is 396 g/mol. The summed E-state index contributed by atoms with van der Waals surface area (Å²) in [5.74, 6) is 1.16. The molecule has 1 amide bonds. The summed E-state index contributed by atoms with van der Waals surface area (Å²) in [5, 5.41) is 0.836. The fourth-order valence-electron chi connectivity index (χ4n) is 3.58. The van der Waals surface area contributed by atoms with E-state index in [-0.39, 0.29) is 5.91 Å². The highest BCUT2D eigenvalue weighted by atomic mass is 32.2. The lowest BCUT2D eigenvalue weighted by Crippen LogP contribution is -2.28. The third-order valence-corrected chi connectivity index (χ3v) is 6.25. The summed E-state index contributed by atoms with van der Waals surface area (Å²) in [6.45, 7) is 2.43. The Morgan fingerprint density at radius 2 is 1.80 bits per heavy atom. The number of hydrogen-bond acceptors (Lipinski definition) is 5. The van der Waals surface area contributed by atoms with E-state index in [1.807, 2.05) is 54.6 Å². The lowest BCUT2D eigenvalue weighted by Gasteiger charge is -2.20. The molecule has 4 rings (SSSR count). The van der Waals surface area contributed by atoms with Crippen LogP contribution in [-0.4, -0.2) is 36.2 Å². The van der Waals surface area contributed by atoms with Gasteiger partial charge in [-0.2, -0.15) is 4.99 Å². The summed E-state index contributed by atoms with van der Waals surface area (Å²) in [4.78, 5) is 19.6. The van der Waals surface area contributed by atoms with Gasteiger partial charge in [-0.3, -0.25) is 4.79 Å². The minimum atomic E-state index is -0.164. The van der Waals surface area contributed by atoms with Gasteiger partial charge in [-0.05, 0) is 53.9 Å². The van der Waals surface area contributed by atoms with Crippen LogP contribution >= 0.6 is 11.8 Å². The van der Waals surface area contributed by atoms with E-state index in [4.69, 9.17) is 9.47 Å². The quantitative estimate of drug-likeness (QED) is 0.626. The number of ether oxygens (including phenoxy) is 2. The van der Waals surface area contributed by atoms with Gasteiger partial charge < -0.3 is 14.4 Å². The molecule has 2 aromatic carbocycles. The summed E-state index contributed by atoms with van der Waals surface area (Å²) in [6.07, 6.45) is 6.71. The monoisotopic (exact) mass is 422 g/mol. The molecule has 0 bridgehead atoms. The van der Waals surface area contributed by atoms with E-state index in [9.17, 15) is 4.79 Å². The van der Waals surface area contributed by atoms with Gasteiger partial charge in [0.25, 0.3) is 5.91 Å². The number of likely N-dealkylation sites (tertiary alicyclic amines) is 1. The second-order valence-electron chi connectivity index (χ2n) is 7.40. The van der Waals surface area contributed by atoms with Crippen LogP contribution in [0.25, 0.3) is 6.08 Å². The normalized spacial score (nSPS) is 18.3. The minimum absolute atomic E-state index is 0.164. The van der Waals surface area contributed by atoms with E-state index in [2.05, 4.69) is 9.89 Å². The fraction of sp³-hybridized carbons (Fsp3) is 0.333.